The molecule has 0 radical (unpaired) electrons. The molecule has 0 aromatic heterocycles. The molecule has 0 spiro atoms. The van der Waals surface area contributed by atoms with Crippen LogP contribution in [0, 0.1) is 5.92 Å². The van der Waals surface area contributed by atoms with Gasteiger partial charge in [-0.3, -0.25) is 4.90 Å². The lowest BCUT2D eigenvalue weighted by Gasteiger charge is -2.57. The van der Waals surface area contributed by atoms with Gasteiger partial charge in [0.1, 0.15) is 0 Å². The molecule has 0 bridgehead atoms. The summed E-state index contributed by atoms with van der Waals surface area (Å²) in [6.45, 7) is 1.25. The molecule has 2 heterocycles. The number of thiol groups is 1. The maximum atomic E-state index is 5.22. The summed E-state index contributed by atoms with van der Waals surface area (Å²) in [5, 5.41) is 0. The van der Waals surface area contributed by atoms with Crippen LogP contribution in [0.4, 0.5) is 0 Å². The lowest BCUT2D eigenvalue weighted by molar-refractivity contribution is 0.00619. The van der Waals surface area contributed by atoms with Gasteiger partial charge in [-0.2, -0.15) is 12.6 Å². The quantitative estimate of drug-likeness (QED) is 0.598. The fourth-order valence-corrected chi connectivity index (χ4v) is 6.37. The second-order valence-corrected chi connectivity index (χ2v) is 9.15. The number of fused-ring (bicyclic) bond motifs is 5. The molecular weight excluding hydrogens is 294 g/mol. The average molecular weight is 320 g/mol. The van der Waals surface area contributed by atoms with Crippen LogP contribution in [-0.4, -0.2) is 27.8 Å². The summed E-state index contributed by atoms with van der Waals surface area (Å²) < 4.78 is 0.163. The third kappa shape index (κ3) is 2.27. The summed E-state index contributed by atoms with van der Waals surface area (Å²) >= 11 is 7.22. The third-order valence-corrected chi connectivity index (χ3v) is 8.27. The Morgan fingerprint density at radius 3 is 2.90 bits per heavy atom. The first kappa shape index (κ1) is 14.5. The SMILES string of the molecule is CSC1(S)CC2c3ccccc3CCN2C2CCCCC21. The number of thioether (sulfide) groups is 1. The minimum atomic E-state index is 0.163. The second kappa shape index (κ2) is 5.50. The Morgan fingerprint density at radius 2 is 2.05 bits per heavy atom. The molecule has 1 saturated heterocycles. The topological polar surface area (TPSA) is 3.24 Å². The van der Waals surface area contributed by atoms with Crippen molar-refractivity contribution in [3.8, 4) is 0 Å². The highest BCUT2D eigenvalue weighted by Gasteiger charge is 2.51. The monoisotopic (exact) mass is 319 g/mol. The van der Waals surface area contributed by atoms with E-state index in [-0.39, 0.29) is 4.08 Å². The molecule has 1 aromatic rings. The van der Waals surface area contributed by atoms with Gasteiger partial charge in [-0.1, -0.05) is 37.1 Å². The zero-order valence-electron chi connectivity index (χ0n) is 12.8. The standard InChI is InChI=1S/C18H25NS2/c1-21-18(20)12-17-14-7-3-2-6-13(14)10-11-19(17)16-9-5-4-8-15(16)18/h2-3,6-7,15-17,20H,4-5,8-12H2,1H3. The minimum Gasteiger partial charge on any atom is -0.293 e. The molecule has 1 aliphatic carbocycles. The van der Waals surface area contributed by atoms with Crippen molar-refractivity contribution in [3.05, 3.63) is 35.4 Å². The van der Waals surface area contributed by atoms with Crippen LogP contribution in [0.15, 0.2) is 24.3 Å². The smallest absolute Gasteiger partial charge is 0.0639 e. The predicted octanol–water partition coefficient (Wildman–Crippen LogP) is 4.54. The van der Waals surface area contributed by atoms with Crippen LogP contribution in [0.5, 0.6) is 0 Å². The molecule has 3 heteroatoms. The molecule has 0 amide bonds. The number of hydrogen-bond acceptors (Lipinski definition) is 3. The van der Waals surface area contributed by atoms with Crippen LogP contribution < -0.4 is 0 Å². The molecule has 4 rings (SSSR count). The first-order valence-corrected chi connectivity index (χ1v) is 10.0. The fourth-order valence-electron chi connectivity index (χ4n) is 4.99. The second-order valence-electron chi connectivity index (χ2n) is 6.91. The number of benzene rings is 1. The molecule has 3 aliphatic rings. The zero-order valence-corrected chi connectivity index (χ0v) is 14.5. The van der Waals surface area contributed by atoms with E-state index >= 15 is 0 Å². The van der Waals surface area contributed by atoms with E-state index in [1.807, 2.05) is 11.8 Å². The highest BCUT2D eigenvalue weighted by molar-refractivity contribution is 8.11. The molecule has 21 heavy (non-hydrogen) atoms. The number of hydrogen-bond donors (Lipinski definition) is 1. The van der Waals surface area contributed by atoms with Gasteiger partial charge in [-0.25, -0.2) is 0 Å². The highest BCUT2D eigenvalue weighted by atomic mass is 32.2. The first-order valence-electron chi connectivity index (χ1n) is 8.34. The van der Waals surface area contributed by atoms with Gasteiger partial charge in [0.2, 0.25) is 0 Å². The van der Waals surface area contributed by atoms with E-state index < -0.39 is 0 Å². The van der Waals surface area contributed by atoms with Crippen LogP contribution in [0.2, 0.25) is 0 Å². The first-order chi connectivity index (χ1) is 10.2. The summed E-state index contributed by atoms with van der Waals surface area (Å²) in [6, 6.07) is 10.5. The van der Waals surface area contributed by atoms with Gasteiger partial charge in [0.15, 0.2) is 0 Å². The van der Waals surface area contributed by atoms with Crippen molar-refractivity contribution in [2.24, 2.45) is 5.92 Å². The average Bonchev–Trinajstić information content (AvgIpc) is 2.55. The van der Waals surface area contributed by atoms with Crippen molar-refractivity contribution in [1.29, 1.82) is 0 Å². The van der Waals surface area contributed by atoms with Crippen LogP contribution >= 0.6 is 24.4 Å². The zero-order chi connectivity index (χ0) is 14.4. The summed E-state index contributed by atoms with van der Waals surface area (Å²) in [5.41, 5.74) is 3.16. The Morgan fingerprint density at radius 1 is 1.24 bits per heavy atom. The maximum absolute atomic E-state index is 5.22. The molecule has 1 saturated carbocycles. The Kier molecular flexibility index (Phi) is 3.79. The van der Waals surface area contributed by atoms with Crippen molar-refractivity contribution < 1.29 is 0 Å². The minimum absolute atomic E-state index is 0.163. The Labute approximate surface area is 138 Å². The molecule has 114 valence electrons. The van der Waals surface area contributed by atoms with Crippen LogP contribution in [-0.2, 0) is 6.42 Å². The van der Waals surface area contributed by atoms with E-state index in [0.717, 1.165) is 12.0 Å². The summed E-state index contributed by atoms with van der Waals surface area (Å²) in [5.74, 6) is 0.770. The van der Waals surface area contributed by atoms with Crippen LogP contribution in [0.25, 0.3) is 0 Å². The van der Waals surface area contributed by atoms with Gasteiger partial charge in [0.05, 0.1) is 4.08 Å². The van der Waals surface area contributed by atoms with E-state index in [9.17, 15) is 0 Å². The maximum Gasteiger partial charge on any atom is 0.0639 e. The number of rotatable bonds is 1. The van der Waals surface area contributed by atoms with Crippen molar-refractivity contribution >= 4 is 24.4 Å². The predicted molar refractivity (Wildman–Crippen MR) is 95.2 cm³/mol. The van der Waals surface area contributed by atoms with E-state index in [1.165, 1.54) is 45.1 Å². The van der Waals surface area contributed by atoms with Gasteiger partial charge >= 0.3 is 0 Å². The van der Waals surface area contributed by atoms with E-state index in [1.54, 1.807) is 11.1 Å². The fraction of sp³-hybridized carbons (Fsp3) is 0.667. The lowest BCUT2D eigenvalue weighted by Crippen LogP contribution is -2.58. The van der Waals surface area contributed by atoms with Crippen molar-refractivity contribution in [2.75, 3.05) is 12.8 Å². The number of piperidine rings is 1. The van der Waals surface area contributed by atoms with E-state index in [4.69, 9.17) is 12.6 Å². The Balaban J connectivity index is 1.75. The largest absolute Gasteiger partial charge is 0.293 e. The molecule has 2 aliphatic heterocycles. The molecular formula is C18H25NS2. The highest BCUT2D eigenvalue weighted by Crippen LogP contribution is 2.56. The molecule has 4 unspecified atom stereocenters. The van der Waals surface area contributed by atoms with E-state index in [0.29, 0.717) is 6.04 Å². The summed E-state index contributed by atoms with van der Waals surface area (Å²) in [6.07, 6.45) is 10.3. The molecule has 0 N–H and O–H groups in total. The third-order valence-electron chi connectivity index (χ3n) is 6.03. The van der Waals surface area contributed by atoms with Crippen molar-refractivity contribution in [1.82, 2.24) is 4.90 Å². The van der Waals surface area contributed by atoms with Crippen molar-refractivity contribution in [3.63, 3.8) is 0 Å². The van der Waals surface area contributed by atoms with Gasteiger partial charge in [0.25, 0.3) is 0 Å². The normalized spacial score (nSPS) is 39.2. The van der Waals surface area contributed by atoms with Gasteiger partial charge < -0.3 is 0 Å². The van der Waals surface area contributed by atoms with Gasteiger partial charge in [-0.15, -0.1) is 11.8 Å². The van der Waals surface area contributed by atoms with Crippen LogP contribution in [0.1, 0.15) is 49.3 Å². The van der Waals surface area contributed by atoms with Crippen molar-refractivity contribution in [2.45, 2.75) is 54.7 Å². The molecule has 1 nitrogen and oxygen atoms in total. The Bertz CT molecular complexity index is 532. The lowest BCUT2D eigenvalue weighted by atomic mass is 9.72. The molecule has 1 aromatic carbocycles. The summed E-state index contributed by atoms with van der Waals surface area (Å²) in [4.78, 5) is 2.84. The van der Waals surface area contributed by atoms with Crippen LogP contribution in [0.3, 0.4) is 0 Å². The number of nitrogens with zero attached hydrogens (tertiary/aromatic N) is 1. The van der Waals surface area contributed by atoms with E-state index in [2.05, 4.69) is 35.4 Å². The Hall–Kier alpha value is -0.120. The molecule has 2 fully saturated rings. The summed E-state index contributed by atoms with van der Waals surface area (Å²) in [7, 11) is 0. The molecule has 4 atom stereocenters. The van der Waals surface area contributed by atoms with Gasteiger partial charge in [0, 0.05) is 18.6 Å². The van der Waals surface area contributed by atoms with Gasteiger partial charge in [-0.05, 0) is 49.0 Å².